The van der Waals surface area contributed by atoms with Gasteiger partial charge in [0.1, 0.15) is 0 Å². The highest BCUT2D eigenvalue weighted by Crippen LogP contribution is 2.42. The number of nitrogens with one attached hydrogen (secondary N) is 2. The molecular formula is C78H166N4O7Si4. The lowest BCUT2D eigenvalue weighted by Crippen LogP contribution is -2.50. The molecule has 556 valence electrons. The van der Waals surface area contributed by atoms with Gasteiger partial charge in [0.15, 0.2) is 33.3 Å². The number of hydrogen-bond acceptors (Lipinski definition) is 9. The van der Waals surface area contributed by atoms with Crippen molar-refractivity contribution in [2.75, 3.05) is 52.4 Å². The largest absolute Gasteiger partial charge is 0.413 e. The first kappa shape index (κ1) is 92.5. The van der Waals surface area contributed by atoms with E-state index in [4.69, 9.17) is 17.7 Å². The SMILES string of the molecule is CCCCCCCCC(CN(CCCCNC(=O)CC(C)(O)CC(=O)NCCCCN(CC(CCCCCCCC)O[Si](C)(C)C(C)(C)C)CC(CCCCCCCC)O[Si](C)(C)C(C)(C)C)CC(CCCCCCCC)O[Si](C)(C)C(C)(C)C)O[Si](C)(C)C(C)(C)C. The van der Waals surface area contributed by atoms with Crippen LogP contribution in [0.25, 0.3) is 0 Å². The number of amides is 2. The molecule has 3 N–H and O–H groups in total. The molecule has 93 heavy (non-hydrogen) atoms. The third kappa shape index (κ3) is 43.7. The molecule has 11 nitrogen and oxygen atoms in total. The van der Waals surface area contributed by atoms with Crippen molar-refractivity contribution in [3.05, 3.63) is 0 Å². The maximum atomic E-state index is 13.6. The van der Waals surface area contributed by atoms with Gasteiger partial charge in [0.05, 0.1) is 42.9 Å². The summed E-state index contributed by atoms with van der Waals surface area (Å²) >= 11 is 0. The van der Waals surface area contributed by atoms with Gasteiger partial charge in [-0.1, -0.05) is 265 Å². The van der Waals surface area contributed by atoms with Gasteiger partial charge in [0, 0.05) is 39.3 Å². The summed E-state index contributed by atoms with van der Waals surface area (Å²) < 4.78 is 29.4. The molecule has 0 aliphatic heterocycles. The van der Waals surface area contributed by atoms with E-state index in [2.05, 4.69) is 184 Å². The van der Waals surface area contributed by atoms with Crippen LogP contribution in [0.1, 0.15) is 336 Å². The third-order valence-electron chi connectivity index (χ3n) is 22.0. The smallest absolute Gasteiger partial charge is 0.222 e. The van der Waals surface area contributed by atoms with Crippen LogP contribution in [0.4, 0.5) is 0 Å². The second-order valence-corrected chi connectivity index (χ2v) is 54.7. The number of rotatable bonds is 58. The van der Waals surface area contributed by atoms with E-state index in [1.807, 2.05) is 0 Å². The van der Waals surface area contributed by atoms with Crippen LogP contribution >= 0.6 is 0 Å². The van der Waals surface area contributed by atoms with E-state index in [-0.39, 0.29) is 69.2 Å². The van der Waals surface area contributed by atoms with Crippen LogP contribution in [0.15, 0.2) is 0 Å². The highest BCUT2D eigenvalue weighted by Gasteiger charge is 2.43. The predicted octanol–water partition coefficient (Wildman–Crippen LogP) is 22.5. The predicted molar refractivity (Wildman–Crippen MR) is 417 cm³/mol. The Morgan fingerprint density at radius 3 is 0.742 bits per heavy atom. The van der Waals surface area contributed by atoms with E-state index in [9.17, 15) is 14.7 Å². The average Bonchev–Trinajstić information content (AvgIpc) is 1.05. The van der Waals surface area contributed by atoms with Gasteiger partial charge in [0.25, 0.3) is 0 Å². The number of nitrogens with zero attached hydrogens (tertiary/aromatic N) is 2. The van der Waals surface area contributed by atoms with E-state index in [1.165, 1.54) is 154 Å². The zero-order valence-electron chi connectivity index (χ0n) is 67.3. The minimum Gasteiger partial charge on any atom is -0.413 e. The number of unbranched alkanes of at least 4 members (excludes halogenated alkanes) is 22. The molecule has 0 saturated carbocycles. The second kappa shape index (κ2) is 47.6. The molecule has 0 radical (unpaired) electrons. The van der Waals surface area contributed by atoms with Crippen molar-refractivity contribution < 1.29 is 32.4 Å². The third-order valence-corrected chi connectivity index (χ3v) is 40.1. The minimum absolute atomic E-state index is 0.120. The van der Waals surface area contributed by atoms with E-state index in [1.54, 1.807) is 6.92 Å². The van der Waals surface area contributed by atoms with Crippen LogP contribution in [-0.4, -0.2) is 142 Å². The molecule has 0 aromatic rings. The summed E-state index contributed by atoms with van der Waals surface area (Å²) in [6, 6.07) is 0. The fourth-order valence-corrected chi connectivity index (χ4v) is 17.2. The molecule has 4 unspecified atom stereocenters. The number of hydrogen-bond donors (Lipinski definition) is 3. The molecule has 0 rings (SSSR count). The van der Waals surface area contributed by atoms with Crippen molar-refractivity contribution >= 4 is 45.1 Å². The molecule has 0 fully saturated rings. The highest BCUT2D eigenvalue weighted by molar-refractivity contribution is 6.75. The monoisotopic (exact) mass is 1380 g/mol. The summed E-state index contributed by atoms with van der Waals surface area (Å²) in [5, 5.41) is 18.3. The van der Waals surface area contributed by atoms with Crippen molar-refractivity contribution in [1.29, 1.82) is 0 Å². The molecule has 2 amide bonds. The van der Waals surface area contributed by atoms with Crippen LogP contribution in [0.2, 0.25) is 72.5 Å². The summed E-state index contributed by atoms with van der Waals surface area (Å²) in [5.74, 6) is -0.430. The maximum absolute atomic E-state index is 13.6. The van der Waals surface area contributed by atoms with Gasteiger partial charge in [-0.25, -0.2) is 0 Å². The lowest BCUT2D eigenvalue weighted by Gasteiger charge is -2.42. The molecule has 0 aliphatic carbocycles. The summed E-state index contributed by atoms with van der Waals surface area (Å²) in [6.45, 7) is 64.8. The fourth-order valence-electron chi connectivity index (χ4n) is 11.7. The van der Waals surface area contributed by atoms with Crippen LogP contribution in [-0.2, 0) is 27.3 Å². The van der Waals surface area contributed by atoms with Crippen molar-refractivity contribution in [3.63, 3.8) is 0 Å². The Morgan fingerprint density at radius 2 is 0.538 bits per heavy atom. The van der Waals surface area contributed by atoms with Crippen LogP contribution < -0.4 is 10.6 Å². The van der Waals surface area contributed by atoms with Crippen molar-refractivity contribution in [3.8, 4) is 0 Å². The minimum atomic E-state index is -2.05. The molecule has 4 atom stereocenters. The van der Waals surface area contributed by atoms with E-state index < -0.39 is 38.9 Å². The highest BCUT2D eigenvalue weighted by atomic mass is 28.4. The van der Waals surface area contributed by atoms with Crippen LogP contribution in [0.5, 0.6) is 0 Å². The van der Waals surface area contributed by atoms with Gasteiger partial charge in [-0.05, 0) is 144 Å². The summed E-state index contributed by atoms with van der Waals surface area (Å²) in [4.78, 5) is 32.5. The van der Waals surface area contributed by atoms with Gasteiger partial charge in [-0.2, -0.15) is 0 Å². The summed E-state index contributed by atoms with van der Waals surface area (Å²) in [7, 11) is -8.21. The van der Waals surface area contributed by atoms with Crippen LogP contribution in [0, 0.1) is 0 Å². The second-order valence-electron chi connectivity index (χ2n) is 35.7. The molecule has 0 bridgehead atoms. The van der Waals surface area contributed by atoms with Gasteiger partial charge in [0.2, 0.25) is 11.8 Å². The molecule has 0 aliphatic rings. The standard InChI is InChI=1S/C78H166N4O7Si4/c1-26-30-34-38-42-46-54-68(86-90(18,19)74(5,6)7)64-81(65-69(55-47-43-39-35-31-27-2)87-91(20,21)75(8,9)10)60-52-50-58-79-72(83)62-78(17,85)63-73(84)80-59-51-53-61-82(66-70(56-48-44-40-36-32-28-3)88-92(22,23)76(11,12)13)67-71(57-49-45-41-37-33-29-4)89-93(24,25)77(14,15)16/h68-71,85H,26-67H2,1-25H3,(H,79,83)(H,80,84). The first-order valence-electron chi connectivity index (χ1n) is 39.5. The Labute approximate surface area is 585 Å². The van der Waals surface area contributed by atoms with E-state index in [0.29, 0.717) is 13.1 Å². The van der Waals surface area contributed by atoms with Gasteiger partial charge >= 0.3 is 0 Å². The zero-order chi connectivity index (χ0) is 71.1. The Hall–Kier alpha value is -0.472. The number of aliphatic hydroxyl groups is 1. The Kier molecular flexibility index (Phi) is 47.4. The Balaban J connectivity index is 6.29. The topological polar surface area (TPSA) is 122 Å². The fraction of sp³-hybridized carbons (Fsp3) is 0.974. The van der Waals surface area contributed by atoms with Crippen molar-refractivity contribution in [2.45, 2.75) is 439 Å². The van der Waals surface area contributed by atoms with Crippen molar-refractivity contribution in [2.24, 2.45) is 0 Å². The quantitative estimate of drug-likeness (QED) is 0.0404. The lowest BCUT2D eigenvalue weighted by atomic mass is 9.97. The van der Waals surface area contributed by atoms with E-state index in [0.717, 1.165) is 90.6 Å². The maximum Gasteiger partial charge on any atom is 0.222 e. The Bertz CT molecular complexity index is 1650. The molecule has 0 aromatic carbocycles. The van der Waals surface area contributed by atoms with Crippen LogP contribution in [0.3, 0.4) is 0 Å². The molecule has 15 heteroatoms. The van der Waals surface area contributed by atoms with E-state index >= 15 is 0 Å². The first-order chi connectivity index (χ1) is 43.1. The average molecular weight is 1380 g/mol. The summed E-state index contributed by atoms with van der Waals surface area (Å²) in [5.41, 5.74) is -1.46. The molecule has 0 spiro atoms. The molecule has 0 aromatic heterocycles. The molecule has 0 heterocycles. The van der Waals surface area contributed by atoms with Crippen molar-refractivity contribution in [1.82, 2.24) is 20.4 Å². The Morgan fingerprint density at radius 1 is 0.333 bits per heavy atom. The number of carbonyl (C=O) groups is 2. The number of carbonyl (C=O) groups excluding carboxylic acids is 2. The van der Waals surface area contributed by atoms with Gasteiger partial charge in [-0.15, -0.1) is 0 Å². The van der Waals surface area contributed by atoms with Gasteiger partial charge < -0.3 is 33.4 Å². The summed E-state index contributed by atoms with van der Waals surface area (Å²) in [6.07, 6.45) is 38.8. The molecular weight excluding hydrogens is 1220 g/mol. The normalized spacial score (nSPS) is 15.4. The van der Waals surface area contributed by atoms with Gasteiger partial charge in [-0.3, -0.25) is 19.4 Å². The molecule has 0 saturated heterocycles. The zero-order valence-corrected chi connectivity index (χ0v) is 71.3. The lowest BCUT2D eigenvalue weighted by molar-refractivity contribution is -0.130. The first-order valence-corrected chi connectivity index (χ1v) is 51.1.